The summed E-state index contributed by atoms with van der Waals surface area (Å²) in [5, 5.41) is 25.7. The van der Waals surface area contributed by atoms with Crippen molar-refractivity contribution in [2.24, 2.45) is 0 Å². The maximum atomic E-state index is 14.1. The molecular formula is C48H66F2N8O8. The maximum Gasteiger partial charge on any atom is 0.410 e. The highest BCUT2D eigenvalue weighted by Crippen LogP contribution is 2.19. The van der Waals surface area contributed by atoms with E-state index in [0.29, 0.717) is 63.5 Å². The first kappa shape index (κ1) is 52.6. The fourth-order valence-corrected chi connectivity index (χ4v) is 7.45. The highest BCUT2D eigenvalue weighted by atomic mass is 19.1. The molecule has 3 aromatic carbocycles. The molecule has 0 bridgehead atoms. The van der Waals surface area contributed by atoms with Gasteiger partial charge in [0.05, 0.1) is 18.7 Å². The van der Waals surface area contributed by atoms with Crippen LogP contribution in [0.4, 0.5) is 13.6 Å². The normalized spacial score (nSPS) is 17.1. The van der Waals surface area contributed by atoms with Gasteiger partial charge in [-0.2, -0.15) is 0 Å². The molecule has 360 valence electrons. The van der Waals surface area contributed by atoms with E-state index in [0.717, 1.165) is 49.7 Å². The number of rotatable bonds is 13. The van der Waals surface area contributed by atoms with Crippen molar-refractivity contribution in [1.29, 1.82) is 0 Å². The minimum atomic E-state index is -1.44. The van der Waals surface area contributed by atoms with Gasteiger partial charge in [-0.25, -0.2) is 13.6 Å². The molecule has 6 N–H and O–H groups in total. The summed E-state index contributed by atoms with van der Waals surface area (Å²) in [4.78, 5) is 78.1. The van der Waals surface area contributed by atoms with Crippen molar-refractivity contribution >= 4 is 35.6 Å². The summed E-state index contributed by atoms with van der Waals surface area (Å²) in [5.74, 6) is -2.74. The number of benzene rings is 3. The van der Waals surface area contributed by atoms with E-state index in [9.17, 15) is 42.7 Å². The predicted molar refractivity (Wildman–Crippen MR) is 245 cm³/mol. The molecule has 0 aliphatic carbocycles. The summed E-state index contributed by atoms with van der Waals surface area (Å²) >= 11 is 0. The number of carbonyl (C=O) groups is 6. The lowest BCUT2D eigenvalue weighted by molar-refractivity contribution is -0.140. The summed E-state index contributed by atoms with van der Waals surface area (Å²) in [7, 11) is 0. The average molecular weight is 921 g/mol. The highest BCUT2D eigenvalue weighted by molar-refractivity contribution is 6.00. The van der Waals surface area contributed by atoms with Gasteiger partial charge in [-0.3, -0.25) is 28.9 Å². The third kappa shape index (κ3) is 17.1. The standard InChI is InChI=1S/C35H42F2N4O4.C9H16N2O3.C4H8N2O/c1-4-12-40(13-5-2)34(44)27-16-23(3)15-26(20-27)33(43)39-30(19-25-17-28(36)21-29(37)18-25)32(42)31-35(45)41(14-11-38-31)22-24-9-7-6-8-10-24;1-9(2,3)14-8(13)11-5-4-10-7(12)6-11;7-4-3-5-1-2-6-4/h6-10,15-18,20-21,30-32,38,42H,4-5,11-14,19,22H2,1-3H3,(H,39,43);4-6H2,1-3H3,(H,10,12);5H,1-3H2,(H,6,7)/t30-,31-,32-;;/m0../s1. The van der Waals surface area contributed by atoms with E-state index in [4.69, 9.17) is 4.74 Å². The molecule has 3 aromatic rings. The molecule has 0 aromatic heterocycles. The molecule has 3 atom stereocenters. The average Bonchev–Trinajstić information content (AvgIpc) is 3.26. The van der Waals surface area contributed by atoms with Crippen LogP contribution in [0.15, 0.2) is 66.7 Å². The van der Waals surface area contributed by atoms with Crippen LogP contribution in [0.3, 0.4) is 0 Å². The molecule has 66 heavy (non-hydrogen) atoms. The van der Waals surface area contributed by atoms with Crippen molar-refractivity contribution in [2.45, 2.75) is 91.1 Å². The molecule has 18 heteroatoms. The number of ether oxygens (including phenoxy) is 1. The first-order valence-electron chi connectivity index (χ1n) is 22.5. The van der Waals surface area contributed by atoms with Crippen molar-refractivity contribution < 1.29 is 47.4 Å². The van der Waals surface area contributed by atoms with Crippen LogP contribution in [0.2, 0.25) is 0 Å². The predicted octanol–water partition coefficient (Wildman–Crippen LogP) is 3.30. The van der Waals surface area contributed by atoms with Crippen LogP contribution in [0.1, 0.15) is 84.9 Å². The van der Waals surface area contributed by atoms with Crippen LogP contribution in [0, 0.1) is 18.6 Å². The minimum absolute atomic E-state index is 0.0922. The molecule has 0 radical (unpaired) electrons. The number of aliphatic hydroxyl groups excluding tert-OH is 1. The lowest BCUT2D eigenvalue weighted by Crippen LogP contribution is -2.63. The molecule has 3 heterocycles. The Kier molecular flexibility index (Phi) is 20.5. The van der Waals surface area contributed by atoms with Crippen molar-refractivity contribution in [1.82, 2.24) is 41.3 Å². The second kappa shape index (κ2) is 25.6. The van der Waals surface area contributed by atoms with Gasteiger partial charge in [-0.15, -0.1) is 0 Å². The Morgan fingerprint density at radius 1 is 0.848 bits per heavy atom. The van der Waals surface area contributed by atoms with Crippen molar-refractivity contribution in [3.63, 3.8) is 0 Å². The van der Waals surface area contributed by atoms with Crippen molar-refractivity contribution in [3.8, 4) is 0 Å². The SMILES string of the molecule is CC(C)(C)OC(=O)N1CCNC(=O)C1.CCCN(CCC)C(=O)c1cc(C)cc(C(=O)N[C@@H](Cc2cc(F)cc(F)c2)[C@H](O)[C@@H]2NCCN(Cc3ccccc3)C2=O)c1.O=C1CNCCN1. The van der Waals surface area contributed by atoms with Crippen LogP contribution < -0.4 is 26.6 Å². The number of aliphatic hydroxyl groups is 1. The number of nitrogens with zero attached hydrogens (tertiary/aromatic N) is 3. The lowest BCUT2D eigenvalue weighted by Gasteiger charge is -2.38. The molecular weight excluding hydrogens is 855 g/mol. The van der Waals surface area contributed by atoms with Crippen LogP contribution in [0.25, 0.3) is 0 Å². The number of hydrogen-bond acceptors (Lipinski definition) is 10. The van der Waals surface area contributed by atoms with E-state index in [1.807, 2.05) is 44.2 Å². The zero-order chi connectivity index (χ0) is 48.4. The van der Waals surface area contributed by atoms with Crippen molar-refractivity contribution in [2.75, 3.05) is 65.4 Å². The van der Waals surface area contributed by atoms with Crippen LogP contribution in [-0.2, 0) is 32.1 Å². The molecule has 6 amide bonds. The summed E-state index contributed by atoms with van der Waals surface area (Å²) in [6, 6.07) is 15.2. The molecule has 16 nitrogen and oxygen atoms in total. The third-order valence-corrected chi connectivity index (χ3v) is 10.4. The largest absolute Gasteiger partial charge is 0.444 e. The van der Waals surface area contributed by atoms with Gasteiger partial charge in [-0.05, 0) is 94.0 Å². The Hall–Kier alpha value is -5.98. The zero-order valence-electron chi connectivity index (χ0n) is 38.9. The van der Waals surface area contributed by atoms with Gasteiger partial charge in [0.2, 0.25) is 17.7 Å². The van der Waals surface area contributed by atoms with E-state index >= 15 is 0 Å². The number of aryl methyl sites for hydroxylation is 1. The van der Waals surface area contributed by atoms with Crippen LogP contribution >= 0.6 is 0 Å². The minimum Gasteiger partial charge on any atom is -0.444 e. The summed E-state index contributed by atoms with van der Waals surface area (Å²) in [6.07, 6.45) is -0.428. The van der Waals surface area contributed by atoms with Gasteiger partial charge in [0.25, 0.3) is 11.8 Å². The molecule has 0 saturated carbocycles. The van der Waals surface area contributed by atoms with Gasteiger partial charge < -0.3 is 46.2 Å². The number of halogens is 2. The van der Waals surface area contributed by atoms with Crippen molar-refractivity contribution in [3.05, 3.63) is 106 Å². The van der Waals surface area contributed by atoms with Gasteiger partial charge in [-0.1, -0.05) is 44.2 Å². The summed E-state index contributed by atoms with van der Waals surface area (Å²) < 4.78 is 33.4. The zero-order valence-corrected chi connectivity index (χ0v) is 38.9. The summed E-state index contributed by atoms with van der Waals surface area (Å²) in [6.45, 7) is 16.8. The van der Waals surface area contributed by atoms with Gasteiger partial charge in [0.15, 0.2) is 0 Å². The molecule has 3 saturated heterocycles. The number of piperazine rings is 3. The molecule has 3 aliphatic rings. The van der Waals surface area contributed by atoms with E-state index in [1.165, 1.54) is 11.0 Å². The second-order valence-electron chi connectivity index (χ2n) is 17.4. The van der Waals surface area contributed by atoms with Gasteiger partial charge in [0, 0.05) is 76.1 Å². The third-order valence-electron chi connectivity index (χ3n) is 10.4. The molecule has 0 spiro atoms. The maximum absolute atomic E-state index is 14.1. The number of amides is 6. The van der Waals surface area contributed by atoms with Crippen LogP contribution in [0.5, 0.6) is 0 Å². The number of hydrogen-bond donors (Lipinski definition) is 6. The quantitative estimate of drug-likeness (QED) is 0.148. The van der Waals surface area contributed by atoms with E-state index < -0.39 is 47.4 Å². The monoisotopic (exact) mass is 920 g/mol. The smallest absolute Gasteiger partial charge is 0.410 e. The lowest BCUT2D eigenvalue weighted by atomic mass is 9.93. The Morgan fingerprint density at radius 3 is 2.08 bits per heavy atom. The Morgan fingerprint density at radius 2 is 1.50 bits per heavy atom. The number of nitrogens with one attached hydrogen (secondary N) is 5. The van der Waals surface area contributed by atoms with Gasteiger partial charge in [0.1, 0.15) is 29.8 Å². The highest BCUT2D eigenvalue weighted by Gasteiger charge is 2.39. The first-order chi connectivity index (χ1) is 31.4. The molecule has 6 rings (SSSR count). The van der Waals surface area contributed by atoms with Crippen LogP contribution in [-0.4, -0.2) is 145 Å². The van der Waals surface area contributed by atoms with E-state index in [-0.39, 0.29) is 47.7 Å². The number of carbonyl (C=O) groups excluding carboxylic acids is 6. The summed E-state index contributed by atoms with van der Waals surface area (Å²) in [5.41, 5.74) is 1.89. The molecule has 0 unspecified atom stereocenters. The first-order valence-corrected chi connectivity index (χ1v) is 22.5. The Bertz CT molecular complexity index is 2090. The second-order valence-corrected chi connectivity index (χ2v) is 17.4. The van der Waals surface area contributed by atoms with E-state index in [1.54, 1.807) is 49.6 Å². The molecule has 3 fully saturated rings. The van der Waals surface area contributed by atoms with E-state index in [2.05, 4.69) is 26.6 Å². The topological polar surface area (TPSA) is 202 Å². The fraction of sp³-hybridized carbons (Fsp3) is 0.500. The molecule has 3 aliphatic heterocycles. The van der Waals surface area contributed by atoms with Gasteiger partial charge >= 0.3 is 6.09 Å². The fourth-order valence-electron chi connectivity index (χ4n) is 7.45. The Balaban J connectivity index is 0.000000369. The Labute approximate surface area is 386 Å².